The summed E-state index contributed by atoms with van der Waals surface area (Å²) < 4.78 is 2.25. The number of benzene rings is 1. The highest BCUT2D eigenvalue weighted by Gasteiger charge is 2.42. The van der Waals surface area contributed by atoms with Crippen LogP contribution in [0.1, 0.15) is 29.2 Å². The molecule has 166 valence electrons. The van der Waals surface area contributed by atoms with Crippen LogP contribution in [-0.2, 0) is 0 Å². The third kappa shape index (κ3) is 3.85. The van der Waals surface area contributed by atoms with E-state index in [0.717, 1.165) is 34.1 Å². The zero-order chi connectivity index (χ0) is 22.9. The standard InChI is InChI=1S/C26H26N6S/c1-18-9-14-23(31(18)21-7-6-15-27-17-21)25-24(22-8-4-5-16-28-22)29-26(33)32(25)20-12-10-19(11-13-20)30(2)3/h4-17,24-25H,1-3H3,(H,29,33)/t24-,25+/m1/s1. The Morgan fingerprint density at radius 3 is 2.39 bits per heavy atom. The van der Waals surface area contributed by atoms with Crippen molar-refractivity contribution in [3.63, 3.8) is 0 Å². The molecule has 33 heavy (non-hydrogen) atoms. The molecule has 1 aliphatic heterocycles. The molecule has 0 spiro atoms. The van der Waals surface area contributed by atoms with Gasteiger partial charge in [-0.25, -0.2) is 0 Å². The van der Waals surface area contributed by atoms with Gasteiger partial charge in [-0.3, -0.25) is 9.97 Å². The largest absolute Gasteiger partial charge is 0.378 e. The minimum atomic E-state index is -0.100. The van der Waals surface area contributed by atoms with Gasteiger partial charge in [0.1, 0.15) is 6.04 Å². The van der Waals surface area contributed by atoms with Crippen LogP contribution in [0, 0.1) is 6.92 Å². The number of anilines is 2. The van der Waals surface area contributed by atoms with Crippen LogP contribution in [0.5, 0.6) is 0 Å². The Hall–Kier alpha value is -3.71. The van der Waals surface area contributed by atoms with Crippen LogP contribution in [0.3, 0.4) is 0 Å². The van der Waals surface area contributed by atoms with Crippen LogP contribution in [0.15, 0.2) is 85.3 Å². The summed E-state index contributed by atoms with van der Waals surface area (Å²) in [5.41, 5.74) is 6.42. The highest BCUT2D eigenvalue weighted by Crippen LogP contribution is 2.42. The molecule has 0 bridgehead atoms. The molecule has 0 unspecified atom stereocenters. The van der Waals surface area contributed by atoms with Gasteiger partial charge in [0, 0.05) is 49.3 Å². The predicted octanol–water partition coefficient (Wildman–Crippen LogP) is 4.82. The van der Waals surface area contributed by atoms with Crippen LogP contribution in [-0.4, -0.2) is 33.7 Å². The van der Waals surface area contributed by atoms with E-state index in [9.17, 15) is 0 Å². The van der Waals surface area contributed by atoms with Crippen molar-refractivity contribution in [2.24, 2.45) is 0 Å². The van der Waals surface area contributed by atoms with E-state index in [-0.39, 0.29) is 12.1 Å². The van der Waals surface area contributed by atoms with Crippen molar-refractivity contribution in [3.8, 4) is 5.69 Å². The Morgan fingerprint density at radius 1 is 0.909 bits per heavy atom. The summed E-state index contributed by atoms with van der Waals surface area (Å²) in [6.07, 6.45) is 5.52. The van der Waals surface area contributed by atoms with Gasteiger partial charge in [-0.05, 0) is 79.8 Å². The molecule has 1 saturated heterocycles. The van der Waals surface area contributed by atoms with Gasteiger partial charge in [0.15, 0.2) is 5.11 Å². The van der Waals surface area contributed by atoms with E-state index >= 15 is 0 Å². The lowest BCUT2D eigenvalue weighted by Crippen LogP contribution is -2.30. The maximum absolute atomic E-state index is 5.88. The van der Waals surface area contributed by atoms with Gasteiger partial charge in [-0.15, -0.1) is 0 Å². The Balaban J connectivity index is 1.67. The number of thiocarbonyl (C=S) groups is 1. The third-order valence-corrected chi connectivity index (χ3v) is 6.37. The first-order valence-electron chi connectivity index (χ1n) is 10.9. The Bertz CT molecular complexity index is 1250. The normalized spacial score (nSPS) is 17.8. The van der Waals surface area contributed by atoms with Crippen molar-refractivity contribution >= 4 is 28.7 Å². The van der Waals surface area contributed by atoms with Gasteiger partial charge in [0.25, 0.3) is 0 Å². The zero-order valence-electron chi connectivity index (χ0n) is 18.9. The van der Waals surface area contributed by atoms with Gasteiger partial charge in [-0.1, -0.05) is 6.07 Å². The van der Waals surface area contributed by atoms with Gasteiger partial charge >= 0.3 is 0 Å². The van der Waals surface area contributed by atoms with E-state index in [4.69, 9.17) is 12.2 Å². The lowest BCUT2D eigenvalue weighted by atomic mass is 10.0. The van der Waals surface area contributed by atoms with E-state index in [1.807, 2.05) is 44.7 Å². The predicted molar refractivity (Wildman–Crippen MR) is 137 cm³/mol. The average molecular weight is 455 g/mol. The molecule has 1 fully saturated rings. The molecule has 0 amide bonds. The topological polar surface area (TPSA) is 49.2 Å². The molecular formula is C26H26N6S. The molecule has 1 aliphatic rings. The summed E-state index contributed by atoms with van der Waals surface area (Å²) in [7, 11) is 4.08. The van der Waals surface area contributed by atoms with E-state index in [0.29, 0.717) is 5.11 Å². The summed E-state index contributed by atoms with van der Waals surface area (Å²) in [6, 6.07) is 22.7. The molecule has 0 aliphatic carbocycles. The number of aromatic nitrogens is 3. The molecule has 7 heteroatoms. The maximum atomic E-state index is 5.88. The van der Waals surface area contributed by atoms with Crippen LogP contribution < -0.4 is 15.1 Å². The number of rotatable bonds is 5. The molecule has 5 rings (SSSR count). The Kier molecular flexibility index (Phi) is 5.56. The smallest absolute Gasteiger partial charge is 0.174 e. The van der Waals surface area contributed by atoms with E-state index < -0.39 is 0 Å². The van der Waals surface area contributed by atoms with Gasteiger partial charge in [0.2, 0.25) is 0 Å². The molecular weight excluding hydrogens is 428 g/mol. The second kappa shape index (κ2) is 8.67. The summed E-state index contributed by atoms with van der Waals surface area (Å²) >= 11 is 5.88. The molecule has 4 heterocycles. The molecule has 0 saturated carbocycles. The number of hydrogen-bond acceptors (Lipinski definition) is 4. The second-order valence-electron chi connectivity index (χ2n) is 8.35. The van der Waals surface area contributed by atoms with Crippen molar-refractivity contribution in [3.05, 3.63) is 102 Å². The van der Waals surface area contributed by atoms with Gasteiger partial charge in [0.05, 0.1) is 23.6 Å². The lowest BCUT2D eigenvalue weighted by Gasteiger charge is -2.29. The maximum Gasteiger partial charge on any atom is 0.174 e. The fourth-order valence-corrected chi connectivity index (χ4v) is 4.82. The minimum Gasteiger partial charge on any atom is -0.378 e. The first-order chi connectivity index (χ1) is 16.0. The van der Waals surface area contributed by atoms with Crippen LogP contribution >= 0.6 is 12.2 Å². The van der Waals surface area contributed by atoms with Crippen molar-refractivity contribution in [2.45, 2.75) is 19.0 Å². The molecule has 2 atom stereocenters. The SMILES string of the molecule is Cc1ccc([C@H]2[C@@H](c3ccccn3)NC(=S)N2c2ccc(N(C)C)cc2)n1-c1cccnc1. The lowest BCUT2D eigenvalue weighted by molar-refractivity contribution is 0.548. The molecule has 0 radical (unpaired) electrons. The van der Waals surface area contributed by atoms with Crippen LogP contribution in [0.25, 0.3) is 5.69 Å². The fourth-order valence-electron chi connectivity index (χ4n) is 4.47. The molecule has 4 aromatic rings. The minimum absolute atomic E-state index is 0.0912. The summed E-state index contributed by atoms with van der Waals surface area (Å²) in [5.74, 6) is 0. The Morgan fingerprint density at radius 2 is 1.73 bits per heavy atom. The average Bonchev–Trinajstić information content (AvgIpc) is 3.39. The summed E-state index contributed by atoms with van der Waals surface area (Å²) in [4.78, 5) is 13.3. The first-order valence-corrected chi connectivity index (χ1v) is 11.3. The highest BCUT2D eigenvalue weighted by molar-refractivity contribution is 7.80. The van der Waals surface area contributed by atoms with Crippen molar-refractivity contribution < 1.29 is 0 Å². The highest BCUT2D eigenvalue weighted by atomic mass is 32.1. The number of nitrogens with one attached hydrogen (secondary N) is 1. The molecule has 6 nitrogen and oxygen atoms in total. The fraction of sp³-hybridized carbons (Fsp3) is 0.192. The van der Waals surface area contributed by atoms with Crippen LogP contribution in [0.2, 0.25) is 0 Å². The number of pyridine rings is 2. The van der Waals surface area contributed by atoms with E-state index in [1.54, 1.807) is 6.20 Å². The quantitative estimate of drug-likeness (QED) is 0.437. The van der Waals surface area contributed by atoms with Gasteiger partial charge < -0.3 is 19.7 Å². The number of hydrogen-bond donors (Lipinski definition) is 1. The van der Waals surface area contributed by atoms with E-state index in [1.165, 1.54) is 0 Å². The first kappa shape index (κ1) is 21.2. The molecule has 1 N–H and O–H groups in total. The monoisotopic (exact) mass is 454 g/mol. The van der Waals surface area contributed by atoms with Crippen molar-refractivity contribution in [1.29, 1.82) is 0 Å². The number of nitrogens with zero attached hydrogens (tertiary/aromatic N) is 5. The second-order valence-corrected chi connectivity index (χ2v) is 8.74. The summed E-state index contributed by atoms with van der Waals surface area (Å²) in [5, 5.41) is 4.23. The molecule has 3 aromatic heterocycles. The third-order valence-electron chi connectivity index (χ3n) is 6.06. The van der Waals surface area contributed by atoms with Gasteiger partial charge in [-0.2, -0.15) is 0 Å². The van der Waals surface area contributed by atoms with Crippen molar-refractivity contribution in [1.82, 2.24) is 19.9 Å². The molecule has 1 aromatic carbocycles. The van der Waals surface area contributed by atoms with Crippen molar-refractivity contribution in [2.75, 3.05) is 23.9 Å². The Labute approximate surface area is 199 Å². The zero-order valence-corrected chi connectivity index (χ0v) is 19.7. The number of aryl methyl sites for hydroxylation is 1. The summed E-state index contributed by atoms with van der Waals surface area (Å²) in [6.45, 7) is 2.11. The van der Waals surface area contributed by atoms with E-state index in [2.05, 4.69) is 85.1 Å². The van der Waals surface area contributed by atoms with Crippen LogP contribution in [0.4, 0.5) is 11.4 Å².